The van der Waals surface area contributed by atoms with Gasteiger partial charge in [-0.25, -0.2) is 4.79 Å². The van der Waals surface area contributed by atoms with Crippen molar-refractivity contribution in [2.75, 3.05) is 25.1 Å². The minimum Gasteiger partial charge on any atom is -0.486 e. The Kier molecular flexibility index (Phi) is 4.93. The fraction of sp³-hybridized carbons (Fsp3) is 0.250. The van der Waals surface area contributed by atoms with Crippen molar-refractivity contribution in [1.29, 1.82) is 0 Å². The fourth-order valence-corrected chi connectivity index (χ4v) is 3.42. The van der Waals surface area contributed by atoms with Crippen molar-refractivity contribution in [3.8, 4) is 11.5 Å². The Morgan fingerprint density at radius 3 is 2.52 bits per heavy atom. The van der Waals surface area contributed by atoms with Gasteiger partial charge in [0.05, 0.1) is 4.92 Å². The summed E-state index contributed by atoms with van der Waals surface area (Å²) in [6, 6.07) is 9.43. The Morgan fingerprint density at radius 2 is 1.84 bits per heavy atom. The summed E-state index contributed by atoms with van der Waals surface area (Å²) < 4.78 is 10.9. The first-order chi connectivity index (χ1) is 14.8. The van der Waals surface area contributed by atoms with E-state index >= 15 is 0 Å². The second kappa shape index (κ2) is 7.59. The average Bonchev–Trinajstić information content (AvgIpc) is 2.97. The van der Waals surface area contributed by atoms with Crippen molar-refractivity contribution >= 4 is 29.2 Å². The number of benzene rings is 2. The summed E-state index contributed by atoms with van der Waals surface area (Å²) in [5, 5.41) is 16.0. The number of carbonyl (C=O) groups excluding carboxylic acids is 3. The summed E-state index contributed by atoms with van der Waals surface area (Å²) in [5.41, 5.74) is -0.783. The fourth-order valence-electron chi connectivity index (χ4n) is 3.42. The van der Waals surface area contributed by atoms with Crippen molar-refractivity contribution in [1.82, 2.24) is 10.2 Å². The first kappa shape index (κ1) is 20.1. The lowest BCUT2D eigenvalue weighted by Crippen LogP contribution is -2.42. The maximum absolute atomic E-state index is 12.9. The Bertz CT molecular complexity index is 1090. The van der Waals surface area contributed by atoms with E-state index in [4.69, 9.17) is 9.47 Å². The van der Waals surface area contributed by atoms with Crippen molar-refractivity contribution in [3.05, 3.63) is 58.1 Å². The monoisotopic (exact) mass is 426 g/mol. The number of carbonyl (C=O) groups is 3. The lowest BCUT2D eigenvalue weighted by molar-refractivity contribution is -0.384. The number of nitrogens with one attached hydrogen (secondary N) is 2. The van der Waals surface area contributed by atoms with Crippen LogP contribution in [0.1, 0.15) is 12.5 Å². The number of nitro benzene ring substituents is 1. The molecule has 0 saturated carbocycles. The smallest absolute Gasteiger partial charge is 0.325 e. The lowest BCUT2D eigenvalue weighted by atomic mass is 9.92. The molecule has 160 valence electrons. The van der Waals surface area contributed by atoms with E-state index in [2.05, 4.69) is 10.6 Å². The van der Waals surface area contributed by atoms with Crippen LogP contribution in [0.25, 0.3) is 0 Å². The van der Waals surface area contributed by atoms with Crippen molar-refractivity contribution < 1.29 is 28.8 Å². The largest absolute Gasteiger partial charge is 0.486 e. The first-order valence-corrected chi connectivity index (χ1v) is 9.36. The zero-order chi connectivity index (χ0) is 22.2. The van der Waals surface area contributed by atoms with Gasteiger partial charge in [0.15, 0.2) is 11.5 Å². The molecule has 4 rings (SSSR count). The van der Waals surface area contributed by atoms with Gasteiger partial charge in [-0.1, -0.05) is 0 Å². The van der Waals surface area contributed by atoms with E-state index in [1.54, 1.807) is 18.2 Å². The molecule has 1 fully saturated rings. The molecule has 0 aliphatic carbocycles. The molecule has 2 heterocycles. The van der Waals surface area contributed by atoms with Crippen LogP contribution in [-0.2, 0) is 15.1 Å². The Labute approximate surface area is 176 Å². The molecule has 1 saturated heterocycles. The van der Waals surface area contributed by atoms with E-state index in [0.717, 1.165) is 4.90 Å². The third-order valence-electron chi connectivity index (χ3n) is 5.06. The van der Waals surface area contributed by atoms with Gasteiger partial charge >= 0.3 is 6.03 Å². The molecule has 2 aromatic carbocycles. The van der Waals surface area contributed by atoms with Gasteiger partial charge in [0.1, 0.15) is 25.3 Å². The van der Waals surface area contributed by atoms with E-state index in [-0.39, 0.29) is 5.69 Å². The molecule has 2 aliphatic heterocycles. The molecule has 11 nitrogen and oxygen atoms in total. The third-order valence-corrected chi connectivity index (χ3v) is 5.06. The predicted octanol–water partition coefficient (Wildman–Crippen LogP) is 1.77. The Morgan fingerprint density at radius 1 is 1.16 bits per heavy atom. The van der Waals surface area contributed by atoms with Crippen LogP contribution in [0.4, 0.5) is 16.2 Å². The number of urea groups is 1. The number of ether oxygens (including phenoxy) is 2. The van der Waals surface area contributed by atoms with Crippen LogP contribution < -0.4 is 20.1 Å². The maximum atomic E-state index is 12.9. The molecule has 0 spiro atoms. The van der Waals surface area contributed by atoms with Crippen LogP contribution in [0, 0.1) is 10.1 Å². The molecule has 31 heavy (non-hydrogen) atoms. The van der Waals surface area contributed by atoms with Gasteiger partial charge in [-0.3, -0.25) is 24.6 Å². The van der Waals surface area contributed by atoms with Gasteiger partial charge in [0.2, 0.25) is 5.91 Å². The summed E-state index contributed by atoms with van der Waals surface area (Å²) in [7, 11) is 0. The van der Waals surface area contributed by atoms with Gasteiger partial charge in [0.25, 0.3) is 11.6 Å². The van der Waals surface area contributed by atoms with E-state index in [1.807, 2.05) is 0 Å². The van der Waals surface area contributed by atoms with Crippen molar-refractivity contribution in [2.24, 2.45) is 0 Å². The molecular weight excluding hydrogens is 408 g/mol. The van der Waals surface area contributed by atoms with E-state index in [0.29, 0.717) is 36.0 Å². The van der Waals surface area contributed by atoms with E-state index in [1.165, 1.54) is 31.2 Å². The molecule has 0 radical (unpaired) electrons. The summed E-state index contributed by atoms with van der Waals surface area (Å²) in [6.45, 7) is 1.82. The number of hydrogen-bond donors (Lipinski definition) is 2. The van der Waals surface area contributed by atoms with Crippen LogP contribution in [0.2, 0.25) is 0 Å². The van der Waals surface area contributed by atoms with Crippen LogP contribution in [0.3, 0.4) is 0 Å². The number of nitrogens with zero attached hydrogens (tertiary/aromatic N) is 2. The molecule has 2 aromatic rings. The summed E-state index contributed by atoms with van der Waals surface area (Å²) in [6.07, 6.45) is 0. The summed E-state index contributed by atoms with van der Waals surface area (Å²) in [5.74, 6) is -0.154. The third kappa shape index (κ3) is 3.72. The zero-order valence-corrected chi connectivity index (χ0v) is 16.4. The SMILES string of the molecule is CC1(c2ccc([N+](=O)[O-])cc2)NC(=O)N(CC(=O)Nc2ccc3c(c2)OCCO3)C1=O. The van der Waals surface area contributed by atoms with E-state index < -0.39 is 34.9 Å². The normalized spacial score (nSPS) is 19.7. The van der Waals surface area contributed by atoms with Crippen LogP contribution >= 0.6 is 0 Å². The average molecular weight is 426 g/mol. The van der Waals surface area contributed by atoms with Crippen LogP contribution in [0.5, 0.6) is 11.5 Å². The number of hydrogen-bond acceptors (Lipinski definition) is 7. The quantitative estimate of drug-likeness (QED) is 0.422. The molecule has 2 aliphatic rings. The number of nitro groups is 1. The summed E-state index contributed by atoms with van der Waals surface area (Å²) >= 11 is 0. The molecule has 2 N–H and O–H groups in total. The van der Waals surface area contributed by atoms with Gasteiger partial charge in [-0.2, -0.15) is 0 Å². The van der Waals surface area contributed by atoms with Gasteiger partial charge in [-0.15, -0.1) is 0 Å². The second-order valence-electron chi connectivity index (χ2n) is 7.16. The van der Waals surface area contributed by atoms with Gasteiger partial charge in [0, 0.05) is 23.9 Å². The van der Waals surface area contributed by atoms with Gasteiger partial charge in [-0.05, 0) is 36.8 Å². The molecular formula is C20H18N4O7. The lowest BCUT2D eigenvalue weighted by Gasteiger charge is -2.22. The number of imide groups is 1. The predicted molar refractivity (Wildman–Crippen MR) is 107 cm³/mol. The van der Waals surface area contributed by atoms with Crippen LogP contribution in [0.15, 0.2) is 42.5 Å². The number of anilines is 1. The molecule has 11 heteroatoms. The van der Waals surface area contributed by atoms with Gasteiger partial charge < -0.3 is 20.1 Å². The van der Waals surface area contributed by atoms with Crippen molar-refractivity contribution in [3.63, 3.8) is 0 Å². The molecule has 1 unspecified atom stereocenters. The molecule has 4 amide bonds. The molecule has 0 aromatic heterocycles. The first-order valence-electron chi connectivity index (χ1n) is 9.36. The number of rotatable bonds is 5. The Hall–Kier alpha value is -4.15. The minimum atomic E-state index is -1.44. The summed E-state index contributed by atoms with van der Waals surface area (Å²) in [4.78, 5) is 48.9. The zero-order valence-electron chi connectivity index (χ0n) is 16.4. The highest BCUT2D eigenvalue weighted by Crippen LogP contribution is 2.33. The second-order valence-corrected chi connectivity index (χ2v) is 7.16. The number of non-ortho nitro benzene ring substituents is 1. The highest BCUT2D eigenvalue weighted by atomic mass is 16.6. The molecule has 1 atom stereocenters. The highest BCUT2D eigenvalue weighted by Gasteiger charge is 2.49. The maximum Gasteiger partial charge on any atom is 0.325 e. The standard InChI is InChI=1S/C20H18N4O7/c1-20(12-2-5-14(6-3-12)24(28)29)18(26)23(19(27)22-20)11-17(25)21-13-4-7-15-16(10-13)31-9-8-30-15/h2-7,10H,8-9,11H2,1H3,(H,21,25)(H,22,27). The van der Waals surface area contributed by atoms with Crippen molar-refractivity contribution in [2.45, 2.75) is 12.5 Å². The minimum absolute atomic E-state index is 0.139. The highest BCUT2D eigenvalue weighted by molar-refractivity contribution is 6.10. The number of amides is 4. The van der Waals surface area contributed by atoms with E-state index in [9.17, 15) is 24.5 Å². The van der Waals surface area contributed by atoms with Crippen LogP contribution in [-0.4, -0.2) is 47.4 Å². The number of fused-ring (bicyclic) bond motifs is 1. The topological polar surface area (TPSA) is 140 Å². The molecule has 0 bridgehead atoms. The Balaban J connectivity index is 1.46.